The second-order valence-corrected chi connectivity index (χ2v) is 7.68. The number of likely N-dealkylation sites (tertiary alicyclic amines) is 1. The third-order valence-corrected chi connectivity index (χ3v) is 5.97. The Morgan fingerprint density at radius 2 is 2.15 bits per heavy atom. The number of hydrogen-bond acceptors (Lipinski definition) is 4. The number of fused-ring (bicyclic) bond motifs is 1. The van der Waals surface area contributed by atoms with Gasteiger partial charge in [0.15, 0.2) is 0 Å². The molecule has 2 aromatic heterocycles. The topological polar surface area (TPSA) is 108 Å². The van der Waals surface area contributed by atoms with E-state index in [0.29, 0.717) is 12.3 Å². The molecule has 0 radical (unpaired) electrons. The molecule has 0 aliphatic carbocycles. The minimum Gasteiger partial charge on any atom is -0.364 e. The van der Waals surface area contributed by atoms with Gasteiger partial charge in [-0.15, -0.1) is 11.8 Å². The van der Waals surface area contributed by atoms with Crippen molar-refractivity contribution in [2.45, 2.75) is 30.2 Å². The van der Waals surface area contributed by atoms with Crippen LogP contribution in [0, 0.1) is 0 Å². The highest BCUT2D eigenvalue weighted by molar-refractivity contribution is 8.00. The van der Waals surface area contributed by atoms with Crippen LogP contribution >= 0.6 is 11.8 Å². The molecule has 4 rings (SSSR count). The fourth-order valence-corrected chi connectivity index (χ4v) is 4.49. The molecular weight excluding hydrogens is 362 g/mol. The van der Waals surface area contributed by atoms with E-state index in [1.807, 2.05) is 29.3 Å². The van der Waals surface area contributed by atoms with Gasteiger partial charge < -0.3 is 15.6 Å². The zero-order valence-corrected chi connectivity index (χ0v) is 15.6. The number of nitrogens with one attached hydrogen (secondary N) is 2. The number of rotatable bonds is 5. The first-order valence-electron chi connectivity index (χ1n) is 8.97. The number of nitrogens with two attached hydrogens (primary N) is 1. The molecule has 8 heteroatoms. The Morgan fingerprint density at radius 1 is 1.30 bits per heavy atom. The number of amides is 2. The Labute approximate surface area is 160 Å². The molecule has 1 aliphatic heterocycles. The highest BCUT2D eigenvalue weighted by Gasteiger charge is 2.29. The average molecular weight is 383 g/mol. The summed E-state index contributed by atoms with van der Waals surface area (Å²) < 4.78 is 0. The number of aromatic amines is 2. The molecule has 1 aliphatic rings. The number of H-pyrrole nitrogens is 2. The predicted octanol–water partition coefficient (Wildman–Crippen LogP) is 2.84. The summed E-state index contributed by atoms with van der Waals surface area (Å²) in [6.45, 7) is 0.711. The first-order valence-corrected chi connectivity index (χ1v) is 9.95. The minimum absolute atomic E-state index is 0.0876. The Balaban J connectivity index is 1.47. The Kier molecular flexibility index (Phi) is 4.89. The monoisotopic (exact) mass is 383 g/mol. The third-order valence-electron chi connectivity index (χ3n) is 4.93. The van der Waals surface area contributed by atoms with Gasteiger partial charge in [0.25, 0.3) is 5.91 Å². The lowest BCUT2D eigenvalue weighted by Gasteiger charge is -2.35. The molecule has 0 bridgehead atoms. The van der Waals surface area contributed by atoms with Gasteiger partial charge in [0.2, 0.25) is 5.91 Å². The van der Waals surface area contributed by atoms with Crippen LogP contribution in [0.5, 0.6) is 0 Å². The predicted molar refractivity (Wildman–Crippen MR) is 104 cm³/mol. The van der Waals surface area contributed by atoms with Gasteiger partial charge in [0.05, 0.1) is 17.5 Å². The van der Waals surface area contributed by atoms with Crippen molar-refractivity contribution in [3.63, 3.8) is 0 Å². The fraction of sp³-hybridized carbons (Fsp3) is 0.316. The fourth-order valence-electron chi connectivity index (χ4n) is 3.57. The van der Waals surface area contributed by atoms with E-state index in [0.717, 1.165) is 40.8 Å². The van der Waals surface area contributed by atoms with Crippen molar-refractivity contribution in [1.29, 1.82) is 0 Å². The summed E-state index contributed by atoms with van der Waals surface area (Å²) in [5.41, 5.74) is 7.34. The van der Waals surface area contributed by atoms with Gasteiger partial charge in [-0.1, -0.05) is 18.2 Å². The van der Waals surface area contributed by atoms with Gasteiger partial charge in [-0.05, 0) is 31.4 Å². The van der Waals surface area contributed by atoms with Crippen LogP contribution in [0.2, 0.25) is 0 Å². The smallest absolute Gasteiger partial charge is 0.269 e. The molecule has 3 aromatic rings. The first kappa shape index (κ1) is 17.7. The summed E-state index contributed by atoms with van der Waals surface area (Å²) in [5, 5.41) is 7.97. The molecular formula is C19H21N5O2S. The van der Waals surface area contributed by atoms with Crippen LogP contribution in [0.15, 0.2) is 41.4 Å². The molecule has 4 N–H and O–H groups in total. The van der Waals surface area contributed by atoms with Crippen LogP contribution in [0.1, 0.15) is 41.5 Å². The van der Waals surface area contributed by atoms with Crippen molar-refractivity contribution in [2.24, 2.45) is 5.73 Å². The van der Waals surface area contributed by atoms with Crippen LogP contribution in [-0.2, 0) is 4.79 Å². The van der Waals surface area contributed by atoms with Crippen molar-refractivity contribution in [3.05, 3.63) is 47.9 Å². The number of benzene rings is 1. The summed E-state index contributed by atoms with van der Waals surface area (Å²) in [6, 6.07) is 9.63. The number of primary amides is 1. The maximum Gasteiger partial charge on any atom is 0.269 e. The molecule has 1 fully saturated rings. The average Bonchev–Trinajstić information content (AvgIpc) is 3.34. The van der Waals surface area contributed by atoms with Crippen LogP contribution < -0.4 is 5.73 Å². The van der Waals surface area contributed by atoms with E-state index in [1.54, 1.807) is 17.8 Å². The van der Waals surface area contributed by atoms with Crippen molar-refractivity contribution >= 4 is 34.5 Å². The second-order valence-electron chi connectivity index (χ2n) is 6.66. The molecule has 1 saturated heterocycles. The number of nitrogens with zero attached hydrogens (tertiary/aromatic N) is 2. The highest BCUT2D eigenvalue weighted by Crippen LogP contribution is 2.32. The molecule has 2 amide bonds. The van der Waals surface area contributed by atoms with Crippen molar-refractivity contribution in [3.8, 4) is 0 Å². The SMILES string of the molecule is NC(=O)c1cc([C@@H]2CCCCN2C(=O)CSc2c[nH]c3ccccc23)[nH]n1. The molecule has 0 saturated carbocycles. The number of carbonyl (C=O) groups excluding carboxylic acids is 2. The maximum absolute atomic E-state index is 12.9. The zero-order chi connectivity index (χ0) is 18.8. The molecule has 0 unspecified atom stereocenters. The van der Waals surface area contributed by atoms with E-state index < -0.39 is 5.91 Å². The molecule has 1 atom stereocenters. The van der Waals surface area contributed by atoms with Crippen LogP contribution in [-0.4, -0.2) is 44.2 Å². The van der Waals surface area contributed by atoms with Gasteiger partial charge in [0.1, 0.15) is 5.69 Å². The number of piperidine rings is 1. The van der Waals surface area contributed by atoms with E-state index in [1.165, 1.54) is 0 Å². The highest BCUT2D eigenvalue weighted by atomic mass is 32.2. The van der Waals surface area contributed by atoms with E-state index in [2.05, 4.69) is 21.2 Å². The lowest BCUT2D eigenvalue weighted by atomic mass is 9.99. The molecule has 140 valence electrons. The van der Waals surface area contributed by atoms with Gasteiger partial charge in [-0.3, -0.25) is 14.7 Å². The standard InChI is InChI=1S/C19H21N5O2S/c20-19(26)15-9-14(22-23-15)16-7-3-4-8-24(16)18(25)11-27-17-10-21-13-6-2-1-5-12(13)17/h1-2,5-6,9-10,16,21H,3-4,7-8,11H2,(H2,20,26)(H,22,23)/t16-/m0/s1. The molecule has 3 heterocycles. The first-order chi connectivity index (χ1) is 13.1. The summed E-state index contributed by atoms with van der Waals surface area (Å²) in [4.78, 5) is 30.4. The lowest BCUT2D eigenvalue weighted by molar-refractivity contribution is -0.132. The number of hydrogen-bond donors (Lipinski definition) is 3. The quantitative estimate of drug-likeness (QED) is 0.589. The molecule has 27 heavy (non-hydrogen) atoms. The summed E-state index contributed by atoms with van der Waals surface area (Å²) >= 11 is 1.54. The van der Waals surface area contributed by atoms with Crippen molar-refractivity contribution in [2.75, 3.05) is 12.3 Å². The van der Waals surface area contributed by atoms with Gasteiger partial charge in [-0.25, -0.2) is 0 Å². The number of aromatic nitrogens is 3. The van der Waals surface area contributed by atoms with Crippen molar-refractivity contribution in [1.82, 2.24) is 20.1 Å². The summed E-state index contributed by atoms with van der Waals surface area (Å²) in [7, 11) is 0. The lowest BCUT2D eigenvalue weighted by Crippen LogP contribution is -2.39. The normalized spacial score (nSPS) is 17.3. The zero-order valence-electron chi connectivity index (χ0n) is 14.8. The van der Waals surface area contributed by atoms with E-state index >= 15 is 0 Å². The van der Waals surface area contributed by atoms with Crippen LogP contribution in [0.3, 0.4) is 0 Å². The maximum atomic E-state index is 12.9. The number of para-hydroxylation sites is 1. The van der Waals surface area contributed by atoms with Gasteiger partial charge in [-0.2, -0.15) is 5.10 Å². The van der Waals surface area contributed by atoms with E-state index in [4.69, 9.17) is 5.73 Å². The van der Waals surface area contributed by atoms with Gasteiger partial charge >= 0.3 is 0 Å². The second kappa shape index (κ2) is 7.48. The molecule has 1 aromatic carbocycles. The number of thioether (sulfide) groups is 1. The Hall–Kier alpha value is -2.74. The Bertz CT molecular complexity index is 979. The van der Waals surface area contributed by atoms with Crippen LogP contribution in [0.4, 0.5) is 0 Å². The van der Waals surface area contributed by atoms with Crippen molar-refractivity contribution < 1.29 is 9.59 Å². The third kappa shape index (κ3) is 3.57. The molecule has 0 spiro atoms. The van der Waals surface area contributed by atoms with E-state index in [9.17, 15) is 9.59 Å². The Morgan fingerprint density at radius 3 is 2.96 bits per heavy atom. The van der Waals surface area contributed by atoms with Gasteiger partial charge in [0, 0.05) is 28.5 Å². The minimum atomic E-state index is -0.568. The number of carbonyl (C=O) groups is 2. The van der Waals surface area contributed by atoms with E-state index in [-0.39, 0.29) is 17.6 Å². The van der Waals surface area contributed by atoms with Crippen LogP contribution in [0.25, 0.3) is 10.9 Å². The largest absolute Gasteiger partial charge is 0.364 e. The molecule has 7 nitrogen and oxygen atoms in total. The summed E-state index contributed by atoms with van der Waals surface area (Å²) in [6.07, 6.45) is 4.82. The summed E-state index contributed by atoms with van der Waals surface area (Å²) in [5.74, 6) is -0.110.